The van der Waals surface area contributed by atoms with Gasteiger partial charge in [-0.05, 0) is 50.2 Å². The fourth-order valence-corrected chi connectivity index (χ4v) is 4.18. The number of sulfonamides is 1. The number of hydrogen-bond donors (Lipinski definition) is 2. The molecule has 0 aromatic heterocycles. The van der Waals surface area contributed by atoms with Gasteiger partial charge in [0.1, 0.15) is 0 Å². The number of rotatable bonds is 5. The van der Waals surface area contributed by atoms with Gasteiger partial charge in [0.2, 0.25) is 0 Å². The van der Waals surface area contributed by atoms with Gasteiger partial charge in [0.25, 0.3) is 15.9 Å². The number of benzene rings is 2. The number of carbonyl (C=O) groups is 1. The van der Waals surface area contributed by atoms with Crippen LogP contribution >= 0.6 is 0 Å². The first-order valence-corrected chi connectivity index (χ1v) is 10.1. The van der Waals surface area contributed by atoms with Gasteiger partial charge in [-0.3, -0.25) is 9.52 Å². The normalized spacial score (nSPS) is 17.7. The molecule has 3 rings (SSSR count). The van der Waals surface area contributed by atoms with Crippen molar-refractivity contribution in [1.29, 1.82) is 0 Å². The average Bonchev–Trinajstić information content (AvgIpc) is 2.68. The molecule has 138 valence electrons. The van der Waals surface area contributed by atoms with E-state index in [9.17, 15) is 13.2 Å². The molecule has 1 amide bonds. The van der Waals surface area contributed by atoms with E-state index in [0.717, 1.165) is 19.4 Å². The summed E-state index contributed by atoms with van der Waals surface area (Å²) in [6.45, 7) is 1.38. The Hall–Kier alpha value is -2.38. The number of carbonyl (C=O) groups excluding carboxylic acids is 1. The van der Waals surface area contributed by atoms with E-state index in [4.69, 9.17) is 0 Å². The van der Waals surface area contributed by atoms with E-state index >= 15 is 0 Å². The van der Waals surface area contributed by atoms with Gasteiger partial charge in [0, 0.05) is 30.4 Å². The summed E-state index contributed by atoms with van der Waals surface area (Å²) >= 11 is 0. The molecule has 0 aliphatic carbocycles. The third-order valence-corrected chi connectivity index (χ3v) is 5.93. The molecule has 6 nitrogen and oxygen atoms in total. The maximum absolute atomic E-state index is 12.8. The molecule has 1 unspecified atom stereocenters. The van der Waals surface area contributed by atoms with Crippen molar-refractivity contribution in [2.45, 2.75) is 23.8 Å². The number of piperidine rings is 1. The summed E-state index contributed by atoms with van der Waals surface area (Å²) in [5.74, 6) is -0.0780. The molecule has 0 spiro atoms. The highest BCUT2D eigenvalue weighted by molar-refractivity contribution is 7.92. The van der Waals surface area contributed by atoms with E-state index in [1.54, 1.807) is 42.5 Å². The number of likely N-dealkylation sites (tertiary alicyclic amines) is 1. The number of likely N-dealkylation sites (N-methyl/N-ethyl adjacent to an activating group) is 1. The van der Waals surface area contributed by atoms with Crippen LogP contribution in [0.3, 0.4) is 0 Å². The summed E-state index contributed by atoms with van der Waals surface area (Å²) in [5, 5.41) is 3.22. The van der Waals surface area contributed by atoms with Gasteiger partial charge in [0.05, 0.1) is 4.90 Å². The summed E-state index contributed by atoms with van der Waals surface area (Å²) in [4.78, 5) is 14.8. The average molecular weight is 373 g/mol. The molecule has 0 saturated carbocycles. The van der Waals surface area contributed by atoms with Crippen molar-refractivity contribution in [2.24, 2.45) is 0 Å². The Balaban J connectivity index is 1.77. The van der Waals surface area contributed by atoms with Crippen molar-refractivity contribution in [3.05, 3.63) is 60.2 Å². The first kappa shape index (κ1) is 18.4. The number of anilines is 1. The van der Waals surface area contributed by atoms with Gasteiger partial charge >= 0.3 is 0 Å². The molecule has 26 heavy (non-hydrogen) atoms. The summed E-state index contributed by atoms with van der Waals surface area (Å²) in [7, 11) is -1.78. The van der Waals surface area contributed by atoms with Crippen LogP contribution in [0.15, 0.2) is 59.5 Å². The van der Waals surface area contributed by atoms with E-state index in [1.807, 2.05) is 11.9 Å². The molecular weight excluding hydrogens is 350 g/mol. The quantitative estimate of drug-likeness (QED) is 0.843. The molecule has 1 saturated heterocycles. The highest BCUT2D eigenvalue weighted by Crippen LogP contribution is 2.19. The fourth-order valence-electron chi connectivity index (χ4n) is 3.11. The van der Waals surface area contributed by atoms with Crippen molar-refractivity contribution >= 4 is 21.6 Å². The second-order valence-corrected chi connectivity index (χ2v) is 8.06. The lowest BCUT2D eigenvalue weighted by atomic mass is 10.0. The smallest absolute Gasteiger partial charge is 0.261 e. The Morgan fingerprint density at radius 1 is 1.12 bits per heavy atom. The third kappa shape index (κ3) is 4.23. The topological polar surface area (TPSA) is 78.5 Å². The highest BCUT2D eigenvalue weighted by atomic mass is 32.2. The molecule has 2 aromatic carbocycles. The van der Waals surface area contributed by atoms with E-state index in [0.29, 0.717) is 23.8 Å². The third-order valence-electron chi connectivity index (χ3n) is 4.53. The van der Waals surface area contributed by atoms with Crippen LogP contribution in [0.25, 0.3) is 0 Å². The lowest BCUT2D eigenvalue weighted by Crippen LogP contribution is -2.46. The Labute approximate surface area is 154 Å². The summed E-state index contributed by atoms with van der Waals surface area (Å²) < 4.78 is 27.4. The molecule has 1 aliphatic heterocycles. The molecule has 0 bridgehead atoms. The Kier molecular flexibility index (Phi) is 5.58. The maximum Gasteiger partial charge on any atom is 0.261 e. The Bertz CT molecular complexity index is 869. The minimum atomic E-state index is -3.68. The zero-order valence-corrected chi connectivity index (χ0v) is 15.5. The van der Waals surface area contributed by atoms with Crippen molar-refractivity contribution in [3.63, 3.8) is 0 Å². The largest absolute Gasteiger partial charge is 0.337 e. The van der Waals surface area contributed by atoms with Crippen molar-refractivity contribution in [1.82, 2.24) is 10.2 Å². The summed E-state index contributed by atoms with van der Waals surface area (Å²) in [6.07, 6.45) is 2.01. The lowest BCUT2D eigenvalue weighted by Gasteiger charge is -2.32. The Morgan fingerprint density at radius 3 is 2.62 bits per heavy atom. The molecule has 1 fully saturated rings. The van der Waals surface area contributed by atoms with E-state index in [2.05, 4.69) is 10.0 Å². The zero-order chi connectivity index (χ0) is 18.6. The summed E-state index contributed by atoms with van der Waals surface area (Å²) in [5.41, 5.74) is 0.858. The standard InChI is InChI=1S/C19H23N3O3S/c1-20-17-9-6-12-22(14-17)19(23)15-7-5-8-16(13-15)21-26(24,25)18-10-3-2-4-11-18/h2-5,7-8,10-11,13,17,20-21H,6,9,12,14H2,1H3. The maximum atomic E-state index is 12.8. The van der Waals surface area contributed by atoms with E-state index in [-0.39, 0.29) is 10.8 Å². The Morgan fingerprint density at radius 2 is 1.88 bits per heavy atom. The molecule has 7 heteroatoms. The number of nitrogens with one attached hydrogen (secondary N) is 2. The minimum Gasteiger partial charge on any atom is -0.337 e. The molecule has 0 radical (unpaired) electrons. The number of amides is 1. The van der Waals surface area contributed by atoms with Crippen LogP contribution in [0.4, 0.5) is 5.69 Å². The SMILES string of the molecule is CNC1CCCN(C(=O)c2cccc(NS(=O)(=O)c3ccccc3)c2)C1. The van der Waals surface area contributed by atoms with Gasteiger partial charge in [0.15, 0.2) is 0 Å². The van der Waals surface area contributed by atoms with Gasteiger partial charge < -0.3 is 10.2 Å². The minimum absolute atomic E-state index is 0.0780. The van der Waals surface area contributed by atoms with Crippen LogP contribution in [0.1, 0.15) is 23.2 Å². The second-order valence-electron chi connectivity index (χ2n) is 6.38. The monoisotopic (exact) mass is 373 g/mol. The van der Waals surface area contributed by atoms with Gasteiger partial charge in [-0.2, -0.15) is 0 Å². The molecular formula is C19H23N3O3S. The zero-order valence-electron chi connectivity index (χ0n) is 14.7. The molecule has 1 atom stereocenters. The highest BCUT2D eigenvalue weighted by Gasteiger charge is 2.24. The summed E-state index contributed by atoms with van der Waals surface area (Å²) in [6, 6.07) is 15.1. The van der Waals surface area contributed by atoms with Crippen molar-refractivity contribution in [3.8, 4) is 0 Å². The van der Waals surface area contributed by atoms with Crippen LogP contribution in [-0.2, 0) is 10.0 Å². The second kappa shape index (κ2) is 7.88. The van der Waals surface area contributed by atoms with Crippen LogP contribution in [0, 0.1) is 0 Å². The van der Waals surface area contributed by atoms with Crippen LogP contribution < -0.4 is 10.0 Å². The molecule has 1 heterocycles. The van der Waals surface area contributed by atoms with Crippen molar-refractivity contribution in [2.75, 3.05) is 24.9 Å². The first-order chi connectivity index (χ1) is 12.5. The number of hydrogen-bond acceptors (Lipinski definition) is 4. The fraction of sp³-hybridized carbons (Fsp3) is 0.316. The van der Waals surface area contributed by atoms with Crippen LogP contribution in [0.5, 0.6) is 0 Å². The molecule has 2 aromatic rings. The van der Waals surface area contributed by atoms with Crippen molar-refractivity contribution < 1.29 is 13.2 Å². The molecule has 1 aliphatic rings. The van der Waals surface area contributed by atoms with Gasteiger partial charge in [-0.1, -0.05) is 24.3 Å². The lowest BCUT2D eigenvalue weighted by molar-refractivity contribution is 0.0698. The van der Waals surface area contributed by atoms with Crippen LogP contribution in [0.2, 0.25) is 0 Å². The van der Waals surface area contributed by atoms with Gasteiger partial charge in [-0.15, -0.1) is 0 Å². The van der Waals surface area contributed by atoms with E-state index in [1.165, 1.54) is 12.1 Å². The van der Waals surface area contributed by atoms with Gasteiger partial charge in [-0.25, -0.2) is 8.42 Å². The number of nitrogens with zero attached hydrogens (tertiary/aromatic N) is 1. The van der Waals surface area contributed by atoms with Crippen LogP contribution in [-0.4, -0.2) is 45.4 Å². The predicted molar refractivity (Wildman–Crippen MR) is 102 cm³/mol. The molecule has 2 N–H and O–H groups in total. The first-order valence-electron chi connectivity index (χ1n) is 8.64. The van der Waals surface area contributed by atoms with E-state index < -0.39 is 10.0 Å². The predicted octanol–water partition coefficient (Wildman–Crippen LogP) is 2.31.